The lowest BCUT2D eigenvalue weighted by Crippen LogP contribution is -2.08. The van der Waals surface area contributed by atoms with E-state index in [0.29, 0.717) is 4.83 Å². The second-order valence-electron chi connectivity index (χ2n) is 3.72. The number of fused-ring (bicyclic) bond motifs is 1. The van der Waals surface area contributed by atoms with Crippen molar-refractivity contribution in [3.63, 3.8) is 0 Å². The molecule has 1 aliphatic carbocycles. The van der Waals surface area contributed by atoms with Crippen LogP contribution in [-0.4, -0.2) is 0 Å². The third-order valence-corrected chi connectivity index (χ3v) is 4.39. The molecule has 0 bridgehead atoms. The molecule has 0 heterocycles. The summed E-state index contributed by atoms with van der Waals surface area (Å²) in [5.41, 5.74) is 3.04. The van der Waals surface area contributed by atoms with E-state index in [4.69, 9.17) is 0 Å². The Morgan fingerprint density at radius 1 is 1.31 bits per heavy atom. The van der Waals surface area contributed by atoms with E-state index in [1.165, 1.54) is 27.5 Å². The number of halogens is 2. The van der Waals surface area contributed by atoms with Crippen molar-refractivity contribution in [2.45, 2.75) is 30.5 Å². The highest BCUT2D eigenvalue weighted by Gasteiger charge is 2.22. The van der Waals surface area contributed by atoms with Gasteiger partial charge >= 0.3 is 0 Å². The fourth-order valence-corrected chi connectivity index (χ4v) is 3.15. The minimum Gasteiger partial charge on any atom is -0.0839 e. The number of benzene rings is 1. The summed E-state index contributed by atoms with van der Waals surface area (Å²) in [5.74, 6) is 0.737. The van der Waals surface area contributed by atoms with Crippen molar-refractivity contribution in [3.8, 4) is 0 Å². The van der Waals surface area contributed by atoms with Crippen LogP contribution in [0.25, 0.3) is 0 Å². The van der Waals surface area contributed by atoms with E-state index in [1.54, 1.807) is 0 Å². The normalized spacial score (nSPS) is 27.0. The molecule has 0 aromatic heterocycles. The van der Waals surface area contributed by atoms with Crippen LogP contribution in [0.1, 0.15) is 41.6 Å². The zero-order valence-corrected chi connectivity index (χ0v) is 11.3. The number of rotatable bonds is 0. The zero-order valence-electron chi connectivity index (χ0n) is 7.56. The fourth-order valence-electron chi connectivity index (χ4n) is 1.97. The molecule has 2 atom stereocenters. The van der Waals surface area contributed by atoms with Crippen LogP contribution in [0.2, 0.25) is 0 Å². The van der Waals surface area contributed by atoms with Gasteiger partial charge in [0.2, 0.25) is 0 Å². The first-order valence-corrected chi connectivity index (χ1v) is 6.61. The van der Waals surface area contributed by atoms with Crippen molar-refractivity contribution >= 4 is 38.5 Å². The van der Waals surface area contributed by atoms with Crippen LogP contribution >= 0.6 is 38.5 Å². The van der Waals surface area contributed by atoms with Gasteiger partial charge in [0.1, 0.15) is 0 Å². The standard InChI is InChI=1S/C11H12BrI/c1-7-2-5-11(12)10-6-8(13)3-4-9(7)10/h3-4,6-7,11H,2,5H2,1H3. The summed E-state index contributed by atoms with van der Waals surface area (Å²) >= 11 is 6.13. The van der Waals surface area contributed by atoms with Crippen LogP contribution in [0.4, 0.5) is 0 Å². The molecule has 1 aliphatic rings. The SMILES string of the molecule is CC1CCC(Br)c2cc(I)ccc21. The van der Waals surface area contributed by atoms with Gasteiger partial charge in [0.15, 0.2) is 0 Å². The van der Waals surface area contributed by atoms with Crippen LogP contribution in [-0.2, 0) is 0 Å². The Kier molecular flexibility index (Phi) is 2.98. The van der Waals surface area contributed by atoms with Crippen LogP contribution < -0.4 is 0 Å². The van der Waals surface area contributed by atoms with E-state index in [-0.39, 0.29) is 0 Å². The zero-order chi connectivity index (χ0) is 9.42. The Labute approximate surface area is 101 Å². The molecule has 0 radical (unpaired) electrons. The van der Waals surface area contributed by atoms with Crippen LogP contribution in [0.15, 0.2) is 18.2 Å². The van der Waals surface area contributed by atoms with E-state index < -0.39 is 0 Å². The summed E-state index contributed by atoms with van der Waals surface area (Å²) < 4.78 is 1.34. The molecule has 70 valence electrons. The molecule has 0 amide bonds. The second kappa shape index (κ2) is 3.89. The quantitative estimate of drug-likeness (QED) is 0.473. The van der Waals surface area contributed by atoms with Gasteiger partial charge in [-0.2, -0.15) is 0 Å². The molecule has 2 unspecified atom stereocenters. The van der Waals surface area contributed by atoms with Gasteiger partial charge in [0.25, 0.3) is 0 Å². The predicted octanol–water partition coefficient (Wildman–Crippen LogP) is 4.62. The summed E-state index contributed by atoms with van der Waals surface area (Å²) in [6.07, 6.45) is 2.58. The first-order valence-electron chi connectivity index (χ1n) is 4.62. The summed E-state index contributed by atoms with van der Waals surface area (Å²) in [7, 11) is 0. The molecular weight excluding hydrogens is 339 g/mol. The first kappa shape index (κ1) is 9.97. The molecule has 2 heteroatoms. The third-order valence-electron chi connectivity index (χ3n) is 2.77. The summed E-state index contributed by atoms with van der Waals surface area (Å²) in [6.45, 7) is 2.32. The van der Waals surface area contributed by atoms with Crippen LogP contribution in [0.3, 0.4) is 0 Å². The summed E-state index contributed by atoms with van der Waals surface area (Å²) in [6, 6.07) is 6.81. The molecule has 1 aromatic carbocycles. The van der Waals surface area contributed by atoms with Crippen molar-refractivity contribution < 1.29 is 0 Å². The Hall–Kier alpha value is 0.430. The molecule has 0 saturated carbocycles. The van der Waals surface area contributed by atoms with Crippen LogP contribution in [0.5, 0.6) is 0 Å². The van der Waals surface area contributed by atoms with Crippen molar-refractivity contribution in [1.29, 1.82) is 0 Å². The van der Waals surface area contributed by atoms with Crippen molar-refractivity contribution in [1.82, 2.24) is 0 Å². The summed E-state index contributed by atoms with van der Waals surface area (Å²) in [4.78, 5) is 0.577. The molecule has 0 N–H and O–H groups in total. The maximum Gasteiger partial charge on any atom is 0.0398 e. The molecule has 0 saturated heterocycles. The molecule has 0 nitrogen and oxygen atoms in total. The largest absolute Gasteiger partial charge is 0.0839 e. The van der Waals surface area contributed by atoms with E-state index in [9.17, 15) is 0 Å². The maximum atomic E-state index is 3.75. The molecule has 2 rings (SSSR count). The van der Waals surface area contributed by atoms with Gasteiger partial charge in [-0.3, -0.25) is 0 Å². The van der Waals surface area contributed by atoms with Gasteiger partial charge in [-0.25, -0.2) is 0 Å². The lowest BCUT2D eigenvalue weighted by atomic mass is 9.84. The first-order chi connectivity index (χ1) is 6.18. The Bertz CT molecular complexity index is 322. The van der Waals surface area contributed by atoms with Gasteiger partial charge in [-0.05, 0) is 64.6 Å². The lowest BCUT2D eigenvalue weighted by molar-refractivity contribution is 0.587. The van der Waals surface area contributed by atoms with E-state index in [2.05, 4.69) is 63.6 Å². The number of hydrogen-bond acceptors (Lipinski definition) is 0. The monoisotopic (exact) mass is 350 g/mol. The highest BCUT2D eigenvalue weighted by Crippen LogP contribution is 2.42. The topological polar surface area (TPSA) is 0 Å². The Balaban J connectivity index is 2.50. The van der Waals surface area contributed by atoms with Crippen molar-refractivity contribution in [2.75, 3.05) is 0 Å². The Morgan fingerprint density at radius 2 is 2.08 bits per heavy atom. The van der Waals surface area contributed by atoms with E-state index >= 15 is 0 Å². The predicted molar refractivity (Wildman–Crippen MR) is 68.5 cm³/mol. The van der Waals surface area contributed by atoms with E-state index in [1.807, 2.05) is 0 Å². The molecule has 0 fully saturated rings. The third kappa shape index (κ3) is 1.94. The Morgan fingerprint density at radius 3 is 2.85 bits per heavy atom. The van der Waals surface area contributed by atoms with E-state index in [0.717, 1.165) is 5.92 Å². The highest BCUT2D eigenvalue weighted by atomic mass is 127. The van der Waals surface area contributed by atoms with Crippen molar-refractivity contribution in [3.05, 3.63) is 32.9 Å². The average molecular weight is 351 g/mol. The smallest absolute Gasteiger partial charge is 0.0398 e. The molecular formula is C11H12BrI. The van der Waals surface area contributed by atoms with Gasteiger partial charge in [-0.1, -0.05) is 28.9 Å². The lowest BCUT2D eigenvalue weighted by Gasteiger charge is -2.26. The molecule has 0 aliphatic heterocycles. The minimum absolute atomic E-state index is 0.577. The summed E-state index contributed by atoms with van der Waals surface area (Å²) in [5, 5.41) is 0. The molecule has 13 heavy (non-hydrogen) atoms. The van der Waals surface area contributed by atoms with Gasteiger partial charge in [-0.15, -0.1) is 0 Å². The molecule has 0 spiro atoms. The number of hydrogen-bond donors (Lipinski definition) is 0. The highest BCUT2D eigenvalue weighted by molar-refractivity contribution is 14.1. The van der Waals surface area contributed by atoms with Crippen molar-refractivity contribution in [2.24, 2.45) is 0 Å². The van der Waals surface area contributed by atoms with Gasteiger partial charge in [0, 0.05) is 8.40 Å². The number of alkyl halides is 1. The van der Waals surface area contributed by atoms with Gasteiger partial charge < -0.3 is 0 Å². The van der Waals surface area contributed by atoms with Gasteiger partial charge in [0.05, 0.1) is 0 Å². The fraction of sp³-hybridized carbons (Fsp3) is 0.455. The maximum absolute atomic E-state index is 3.75. The average Bonchev–Trinajstić information content (AvgIpc) is 2.12. The molecule has 1 aromatic rings. The second-order valence-corrected chi connectivity index (χ2v) is 6.07. The van der Waals surface area contributed by atoms with Crippen LogP contribution in [0, 0.1) is 3.57 Å². The minimum atomic E-state index is 0.577.